The maximum Gasteiger partial charge on any atom is 0.213 e. The van der Waals surface area contributed by atoms with Crippen molar-refractivity contribution in [1.82, 2.24) is 4.98 Å². The van der Waals surface area contributed by atoms with Crippen LogP contribution in [-0.4, -0.2) is 15.4 Å². The Kier molecular flexibility index (Phi) is 4.96. The molecule has 0 saturated heterocycles. The minimum Gasteiger partial charge on any atom is -0.473 e. The highest BCUT2D eigenvalue weighted by Gasteiger charge is 2.01. The number of nitrogens with zero attached hydrogens (tertiary/aromatic N) is 2. The van der Waals surface area contributed by atoms with Crippen LogP contribution in [0.5, 0.6) is 5.88 Å². The average Bonchev–Trinajstić information content (AvgIpc) is 2.46. The molecule has 0 fully saturated rings. The normalized spacial score (nSPS) is 11.4. The summed E-state index contributed by atoms with van der Waals surface area (Å²) in [6.07, 6.45) is 2.14. The Bertz CT molecular complexity index is 597. The number of hydrogen-bond acceptors (Lipinski definition) is 4. The lowest BCUT2D eigenvalue weighted by molar-refractivity contribution is 0.293. The number of aromatic nitrogens is 1. The molecule has 1 heterocycles. The van der Waals surface area contributed by atoms with Crippen molar-refractivity contribution in [3.63, 3.8) is 0 Å². The van der Waals surface area contributed by atoms with Gasteiger partial charge in [-0.15, -0.1) is 0 Å². The smallest absolute Gasteiger partial charge is 0.213 e. The molecule has 0 radical (unpaired) electrons. The van der Waals surface area contributed by atoms with E-state index in [-0.39, 0.29) is 5.17 Å². The standard InChI is InChI=1S/C15H15ClN2O2/c1-11-6-7-17-15(8-11)20-10-13-4-2-12(3-5-13)9-14(16)18-19/h2-8,19H,9-10H2,1H3/b18-14-. The lowest BCUT2D eigenvalue weighted by Gasteiger charge is -2.06. The minimum atomic E-state index is 0.165. The Hall–Kier alpha value is -2.07. The number of pyridine rings is 1. The summed E-state index contributed by atoms with van der Waals surface area (Å²) >= 11 is 5.66. The number of ether oxygens (including phenoxy) is 1. The summed E-state index contributed by atoms with van der Waals surface area (Å²) in [5.41, 5.74) is 3.13. The molecule has 0 atom stereocenters. The summed E-state index contributed by atoms with van der Waals surface area (Å²) < 4.78 is 5.61. The van der Waals surface area contributed by atoms with Crippen LogP contribution < -0.4 is 4.74 Å². The fraction of sp³-hybridized carbons (Fsp3) is 0.200. The second kappa shape index (κ2) is 6.91. The van der Waals surface area contributed by atoms with E-state index in [9.17, 15) is 0 Å². The van der Waals surface area contributed by atoms with E-state index in [2.05, 4.69) is 10.1 Å². The summed E-state index contributed by atoms with van der Waals surface area (Å²) in [4.78, 5) is 4.14. The van der Waals surface area contributed by atoms with Gasteiger partial charge in [-0.3, -0.25) is 0 Å². The van der Waals surface area contributed by atoms with Crippen LogP contribution in [0.4, 0.5) is 0 Å². The first kappa shape index (κ1) is 14.3. The summed E-state index contributed by atoms with van der Waals surface area (Å²) in [5.74, 6) is 0.615. The number of oxime groups is 1. The van der Waals surface area contributed by atoms with Crippen LogP contribution in [0.15, 0.2) is 47.8 Å². The molecule has 104 valence electrons. The van der Waals surface area contributed by atoms with Crippen molar-refractivity contribution < 1.29 is 9.94 Å². The summed E-state index contributed by atoms with van der Waals surface area (Å²) in [5, 5.41) is 11.6. The van der Waals surface area contributed by atoms with E-state index in [1.165, 1.54) is 0 Å². The zero-order valence-corrected chi connectivity index (χ0v) is 11.8. The van der Waals surface area contributed by atoms with Gasteiger partial charge in [0.1, 0.15) is 11.8 Å². The van der Waals surface area contributed by atoms with Gasteiger partial charge in [0.15, 0.2) is 0 Å². The molecule has 1 aromatic carbocycles. The Morgan fingerprint density at radius 2 is 1.95 bits per heavy atom. The largest absolute Gasteiger partial charge is 0.473 e. The van der Waals surface area contributed by atoms with Crippen molar-refractivity contribution in [1.29, 1.82) is 0 Å². The molecule has 0 aliphatic rings. The Morgan fingerprint density at radius 3 is 2.60 bits per heavy atom. The molecular weight excluding hydrogens is 276 g/mol. The molecule has 0 bridgehead atoms. The molecule has 0 aliphatic heterocycles. The number of halogens is 1. The van der Waals surface area contributed by atoms with Gasteiger partial charge in [0.25, 0.3) is 0 Å². The monoisotopic (exact) mass is 290 g/mol. The highest BCUT2D eigenvalue weighted by atomic mass is 35.5. The van der Waals surface area contributed by atoms with Crippen LogP contribution in [0.1, 0.15) is 16.7 Å². The third-order valence-corrected chi connectivity index (χ3v) is 2.97. The van der Waals surface area contributed by atoms with Gasteiger partial charge in [0.05, 0.1) is 0 Å². The number of hydrogen-bond donors (Lipinski definition) is 1. The number of aryl methyl sites for hydroxylation is 1. The molecule has 0 amide bonds. The lowest BCUT2D eigenvalue weighted by atomic mass is 10.1. The summed E-state index contributed by atoms with van der Waals surface area (Å²) in [6, 6.07) is 11.6. The third kappa shape index (κ3) is 4.24. The van der Waals surface area contributed by atoms with Crippen LogP contribution in [0.25, 0.3) is 0 Å². The number of rotatable bonds is 5. The van der Waals surface area contributed by atoms with Crippen LogP contribution in [0.3, 0.4) is 0 Å². The molecule has 4 nitrogen and oxygen atoms in total. The molecule has 0 spiro atoms. The zero-order valence-electron chi connectivity index (χ0n) is 11.1. The van der Waals surface area contributed by atoms with Crippen molar-refractivity contribution in [3.05, 3.63) is 59.3 Å². The molecule has 2 rings (SSSR count). The van der Waals surface area contributed by atoms with Gasteiger partial charge in [-0.2, -0.15) is 0 Å². The molecule has 0 unspecified atom stereocenters. The molecule has 1 N–H and O–H groups in total. The van der Waals surface area contributed by atoms with E-state index in [1.54, 1.807) is 6.20 Å². The van der Waals surface area contributed by atoms with E-state index in [4.69, 9.17) is 21.5 Å². The van der Waals surface area contributed by atoms with Crippen LogP contribution in [-0.2, 0) is 13.0 Å². The summed E-state index contributed by atoms with van der Waals surface area (Å²) in [6.45, 7) is 2.45. The van der Waals surface area contributed by atoms with E-state index in [1.807, 2.05) is 43.3 Å². The van der Waals surface area contributed by atoms with Gasteiger partial charge in [-0.05, 0) is 29.7 Å². The molecule has 20 heavy (non-hydrogen) atoms. The molecule has 0 aliphatic carbocycles. The Balaban J connectivity index is 1.94. The minimum absolute atomic E-state index is 0.165. The average molecular weight is 291 g/mol. The highest BCUT2D eigenvalue weighted by molar-refractivity contribution is 6.65. The predicted octanol–water partition coefficient (Wildman–Crippen LogP) is 3.54. The van der Waals surface area contributed by atoms with Gasteiger partial charge >= 0.3 is 0 Å². The highest BCUT2D eigenvalue weighted by Crippen LogP contribution is 2.12. The Labute approximate surface area is 122 Å². The zero-order chi connectivity index (χ0) is 14.4. The van der Waals surface area contributed by atoms with Gasteiger partial charge in [-0.1, -0.05) is 41.0 Å². The molecule has 2 aromatic rings. The van der Waals surface area contributed by atoms with Crippen molar-refractivity contribution in [2.75, 3.05) is 0 Å². The first-order valence-corrected chi connectivity index (χ1v) is 6.55. The fourth-order valence-electron chi connectivity index (χ4n) is 1.70. The van der Waals surface area contributed by atoms with Crippen molar-refractivity contribution in [3.8, 4) is 5.88 Å². The van der Waals surface area contributed by atoms with Gasteiger partial charge in [0, 0.05) is 18.7 Å². The van der Waals surface area contributed by atoms with Crippen LogP contribution in [0.2, 0.25) is 0 Å². The molecule has 5 heteroatoms. The first-order valence-electron chi connectivity index (χ1n) is 6.17. The van der Waals surface area contributed by atoms with E-state index in [0.717, 1.165) is 16.7 Å². The Morgan fingerprint density at radius 1 is 1.25 bits per heavy atom. The van der Waals surface area contributed by atoms with Crippen LogP contribution in [0, 0.1) is 6.92 Å². The second-order valence-electron chi connectivity index (χ2n) is 4.43. The van der Waals surface area contributed by atoms with Gasteiger partial charge in [0.2, 0.25) is 5.88 Å². The fourth-order valence-corrected chi connectivity index (χ4v) is 1.86. The maximum absolute atomic E-state index is 8.51. The molecule has 0 saturated carbocycles. The van der Waals surface area contributed by atoms with Crippen molar-refractivity contribution in [2.45, 2.75) is 20.0 Å². The number of benzene rings is 1. The maximum atomic E-state index is 8.51. The second-order valence-corrected chi connectivity index (χ2v) is 4.87. The van der Waals surface area contributed by atoms with Gasteiger partial charge in [-0.25, -0.2) is 4.98 Å². The first-order chi connectivity index (χ1) is 9.67. The van der Waals surface area contributed by atoms with Crippen molar-refractivity contribution in [2.24, 2.45) is 5.16 Å². The quantitative estimate of drug-likeness (QED) is 0.520. The van der Waals surface area contributed by atoms with E-state index in [0.29, 0.717) is 18.9 Å². The third-order valence-electron chi connectivity index (χ3n) is 2.76. The predicted molar refractivity (Wildman–Crippen MR) is 78.5 cm³/mol. The summed E-state index contributed by atoms with van der Waals surface area (Å²) in [7, 11) is 0. The van der Waals surface area contributed by atoms with E-state index >= 15 is 0 Å². The SMILES string of the molecule is Cc1ccnc(OCc2ccc(C/C(Cl)=N/O)cc2)c1. The van der Waals surface area contributed by atoms with Crippen molar-refractivity contribution >= 4 is 16.8 Å². The lowest BCUT2D eigenvalue weighted by Crippen LogP contribution is -1.99. The van der Waals surface area contributed by atoms with E-state index < -0.39 is 0 Å². The molecule has 1 aromatic heterocycles. The van der Waals surface area contributed by atoms with Gasteiger partial charge < -0.3 is 9.94 Å². The molecular formula is C15H15ClN2O2. The topological polar surface area (TPSA) is 54.7 Å². The van der Waals surface area contributed by atoms with Crippen LogP contribution >= 0.6 is 11.6 Å².